The number of hydrogen-bond donors (Lipinski definition) is 1. The number of pyridine rings is 1. The van der Waals surface area contributed by atoms with Gasteiger partial charge < -0.3 is 14.8 Å². The molecule has 5 heteroatoms. The fraction of sp³-hybridized carbons (Fsp3) is 0.500. The Morgan fingerprint density at radius 2 is 2.12 bits per heavy atom. The van der Waals surface area contributed by atoms with Crippen LogP contribution in [0.5, 0.6) is 0 Å². The van der Waals surface area contributed by atoms with E-state index in [9.17, 15) is 9.59 Å². The second-order valence-electron chi connectivity index (χ2n) is 7.02. The molecule has 1 atom stereocenters. The van der Waals surface area contributed by atoms with E-state index in [1.165, 1.54) is 6.42 Å². The van der Waals surface area contributed by atoms with Gasteiger partial charge in [-0.3, -0.25) is 9.59 Å². The van der Waals surface area contributed by atoms with Crippen molar-refractivity contribution in [3.05, 3.63) is 46.2 Å². The number of para-hydroxylation sites is 1. The summed E-state index contributed by atoms with van der Waals surface area (Å²) < 4.78 is 1.84. The standard InChI is InChI=1S/C20H27N3O2/c1-3-10-23-11-6-7-15(13-23)12-21-20(25)17-14-22(2)18-9-5-4-8-16(18)19(17)24/h4-5,8-9,14-15H,3,6-7,10-13H2,1-2H3,(H,21,25)/t15-/m0/s1. The van der Waals surface area contributed by atoms with Crippen LogP contribution in [0.15, 0.2) is 35.3 Å². The van der Waals surface area contributed by atoms with Gasteiger partial charge >= 0.3 is 0 Å². The number of likely N-dealkylation sites (tertiary alicyclic amines) is 1. The summed E-state index contributed by atoms with van der Waals surface area (Å²) in [5.41, 5.74) is 0.872. The van der Waals surface area contributed by atoms with E-state index in [4.69, 9.17) is 0 Å². The highest BCUT2D eigenvalue weighted by Gasteiger charge is 2.21. The van der Waals surface area contributed by atoms with Gasteiger partial charge in [0.05, 0.1) is 5.52 Å². The molecule has 2 aromatic rings. The quantitative estimate of drug-likeness (QED) is 0.908. The predicted molar refractivity (Wildman–Crippen MR) is 101 cm³/mol. The molecule has 0 radical (unpaired) electrons. The summed E-state index contributed by atoms with van der Waals surface area (Å²) in [6.07, 6.45) is 5.12. The van der Waals surface area contributed by atoms with Gasteiger partial charge in [-0.25, -0.2) is 0 Å². The second kappa shape index (κ2) is 7.83. The second-order valence-corrected chi connectivity index (χ2v) is 7.02. The Morgan fingerprint density at radius 3 is 2.92 bits per heavy atom. The maximum absolute atomic E-state index is 12.6. The van der Waals surface area contributed by atoms with Gasteiger partial charge in [-0.15, -0.1) is 0 Å². The number of fused-ring (bicyclic) bond motifs is 1. The van der Waals surface area contributed by atoms with E-state index < -0.39 is 0 Å². The van der Waals surface area contributed by atoms with E-state index in [-0.39, 0.29) is 16.9 Å². The summed E-state index contributed by atoms with van der Waals surface area (Å²) in [6, 6.07) is 7.39. The van der Waals surface area contributed by atoms with E-state index in [0.717, 1.165) is 38.0 Å². The Bertz CT molecular complexity index is 810. The third-order valence-corrected chi connectivity index (χ3v) is 5.03. The van der Waals surface area contributed by atoms with Crippen molar-refractivity contribution in [2.75, 3.05) is 26.2 Å². The van der Waals surface area contributed by atoms with Crippen molar-refractivity contribution < 1.29 is 4.79 Å². The summed E-state index contributed by atoms with van der Waals surface area (Å²) in [5.74, 6) is 0.201. The van der Waals surface area contributed by atoms with Gasteiger partial charge in [0.2, 0.25) is 5.43 Å². The van der Waals surface area contributed by atoms with Gasteiger partial charge in [0, 0.05) is 31.7 Å². The van der Waals surface area contributed by atoms with E-state index in [0.29, 0.717) is 17.8 Å². The highest BCUT2D eigenvalue weighted by atomic mass is 16.2. The van der Waals surface area contributed by atoms with E-state index in [1.54, 1.807) is 12.3 Å². The number of nitrogens with zero attached hydrogens (tertiary/aromatic N) is 2. The lowest BCUT2D eigenvalue weighted by atomic mass is 9.97. The lowest BCUT2D eigenvalue weighted by Gasteiger charge is -2.32. The maximum Gasteiger partial charge on any atom is 0.256 e. The van der Waals surface area contributed by atoms with Gasteiger partial charge in [0.15, 0.2) is 0 Å². The Morgan fingerprint density at radius 1 is 1.32 bits per heavy atom. The molecule has 25 heavy (non-hydrogen) atoms. The SMILES string of the molecule is CCCN1CCC[C@@H](CNC(=O)c2cn(C)c3ccccc3c2=O)C1. The average molecular weight is 341 g/mol. The summed E-state index contributed by atoms with van der Waals surface area (Å²) in [6.45, 7) is 6.14. The molecule has 1 fully saturated rings. The number of aromatic nitrogens is 1. The van der Waals surface area contributed by atoms with Crippen molar-refractivity contribution in [2.45, 2.75) is 26.2 Å². The van der Waals surface area contributed by atoms with Crippen LogP contribution in [0.2, 0.25) is 0 Å². The van der Waals surface area contributed by atoms with E-state index in [1.807, 2.05) is 29.8 Å². The maximum atomic E-state index is 12.6. The smallest absolute Gasteiger partial charge is 0.256 e. The molecule has 0 bridgehead atoms. The zero-order chi connectivity index (χ0) is 17.8. The molecule has 1 aliphatic rings. The molecule has 1 aliphatic heterocycles. The molecule has 5 nitrogen and oxygen atoms in total. The van der Waals surface area contributed by atoms with Crippen LogP contribution in [0.25, 0.3) is 10.9 Å². The third kappa shape index (κ3) is 3.93. The minimum absolute atomic E-state index is 0.192. The largest absolute Gasteiger partial charge is 0.352 e. The van der Waals surface area contributed by atoms with Crippen LogP contribution < -0.4 is 10.7 Å². The molecule has 1 aromatic heterocycles. The lowest BCUT2D eigenvalue weighted by Crippen LogP contribution is -2.41. The molecular weight excluding hydrogens is 314 g/mol. The minimum atomic E-state index is -0.265. The number of aryl methyl sites for hydroxylation is 1. The predicted octanol–water partition coefficient (Wildman–Crippen LogP) is 2.39. The molecule has 1 aromatic carbocycles. The van der Waals surface area contributed by atoms with Gasteiger partial charge in [-0.1, -0.05) is 19.1 Å². The molecular formula is C20H27N3O2. The first-order valence-corrected chi connectivity index (χ1v) is 9.19. The average Bonchev–Trinajstić information content (AvgIpc) is 2.63. The van der Waals surface area contributed by atoms with Crippen LogP contribution in [0, 0.1) is 5.92 Å². The number of nitrogens with one attached hydrogen (secondary N) is 1. The first-order chi connectivity index (χ1) is 12.1. The van der Waals surface area contributed by atoms with Crippen molar-refractivity contribution >= 4 is 16.8 Å². The zero-order valence-electron chi connectivity index (χ0n) is 15.1. The molecule has 3 rings (SSSR count). The summed E-state index contributed by atoms with van der Waals surface area (Å²) in [5, 5.41) is 3.57. The molecule has 1 amide bonds. The fourth-order valence-electron chi connectivity index (χ4n) is 3.77. The topological polar surface area (TPSA) is 54.3 Å². The normalized spacial score (nSPS) is 18.4. The zero-order valence-corrected chi connectivity index (χ0v) is 15.1. The van der Waals surface area contributed by atoms with Crippen molar-refractivity contribution in [1.82, 2.24) is 14.8 Å². The van der Waals surface area contributed by atoms with Crippen molar-refractivity contribution in [1.29, 1.82) is 0 Å². The number of rotatable bonds is 5. The number of carbonyl (C=O) groups excluding carboxylic acids is 1. The Hall–Kier alpha value is -2.14. The molecule has 0 aliphatic carbocycles. The van der Waals surface area contributed by atoms with Gasteiger partial charge in [0.25, 0.3) is 5.91 Å². The molecule has 0 saturated carbocycles. The number of benzene rings is 1. The van der Waals surface area contributed by atoms with Crippen molar-refractivity contribution in [3.8, 4) is 0 Å². The van der Waals surface area contributed by atoms with Crippen molar-refractivity contribution in [3.63, 3.8) is 0 Å². The molecule has 134 valence electrons. The molecule has 1 saturated heterocycles. The molecule has 2 heterocycles. The highest BCUT2D eigenvalue weighted by Crippen LogP contribution is 2.16. The van der Waals surface area contributed by atoms with Crippen LogP contribution in [-0.4, -0.2) is 41.6 Å². The third-order valence-electron chi connectivity index (χ3n) is 5.03. The number of carbonyl (C=O) groups is 1. The van der Waals surface area contributed by atoms with Crippen LogP contribution >= 0.6 is 0 Å². The molecule has 0 unspecified atom stereocenters. The Labute approximate surface area is 148 Å². The fourth-order valence-corrected chi connectivity index (χ4v) is 3.77. The van der Waals surface area contributed by atoms with E-state index >= 15 is 0 Å². The minimum Gasteiger partial charge on any atom is -0.352 e. The summed E-state index contributed by atoms with van der Waals surface area (Å²) in [7, 11) is 1.86. The van der Waals surface area contributed by atoms with Crippen LogP contribution in [0.1, 0.15) is 36.5 Å². The van der Waals surface area contributed by atoms with Crippen LogP contribution in [0.3, 0.4) is 0 Å². The molecule has 1 N–H and O–H groups in total. The van der Waals surface area contributed by atoms with Gasteiger partial charge in [-0.2, -0.15) is 0 Å². The first-order valence-electron chi connectivity index (χ1n) is 9.19. The number of hydrogen-bond acceptors (Lipinski definition) is 3. The van der Waals surface area contributed by atoms with E-state index in [2.05, 4.69) is 17.1 Å². The highest BCUT2D eigenvalue weighted by molar-refractivity contribution is 5.97. The lowest BCUT2D eigenvalue weighted by molar-refractivity contribution is 0.0931. The first kappa shape index (κ1) is 17.7. The monoisotopic (exact) mass is 341 g/mol. The number of piperidine rings is 1. The van der Waals surface area contributed by atoms with Gasteiger partial charge in [-0.05, 0) is 50.4 Å². The van der Waals surface area contributed by atoms with Crippen LogP contribution in [0.4, 0.5) is 0 Å². The molecule has 0 spiro atoms. The van der Waals surface area contributed by atoms with Crippen LogP contribution in [-0.2, 0) is 7.05 Å². The Balaban J connectivity index is 1.70. The summed E-state index contributed by atoms with van der Waals surface area (Å²) in [4.78, 5) is 27.7. The Kier molecular flexibility index (Phi) is 5.53. The number of amides is 1. The van der Waals surface area contributed by atoms with Crippen molar-refractivity contribution in [2.24, 2.45) is 13.0 Å². The summed E-state index contributed by atoms with van der Waals surface area (Å²) >= 11 is 0. The van der Waals surface area contributed by atoms with Gasteiger partial charge in [0.1, 0.15) is 5.56 Å².